The van der Waals surface area contributed by atoms with Crippen LogP contribution in [-0.2, 0) is 0 Å². The molecule has 0 amide bonds. The van der Waals surface area contributed by atoms with Crippen LogP contribution in [0.4, 0.5) is 0 Å². The normalized spacial score (nSPS) is 16.8. The highest BCUT2D eigenvalue weighted by atomic mass is 14.9. The predicted molar refractivity (Wildman–Crippen MR) is 87.4 cm³/mol. The summed E-state index contributed by atoms with van der Waals surface area (Å²) in [5, 5.41) is 2.93. The van der Waals surface area contributed by atoms with Crippen molar-refractivity contribution >= 4 is 6.01 Å². The Kier molecular flexibility index (Phi) is 13.3. The lowest BCUT2D eigenvalue weighted by molar-refractivity contribution is 0.444. The molecule has 1 fully saturated rings. The van der Waals surface area contributed by atoms with Gasteiger partial charge in [-0.1, -0.05) is 46.5 Å². The van der Waals surface area contributed by atoms with E-state index in [4.69, 9.17) is 0 Å². The summed E-state index contributed by atoms with van der Waals surface area (Å²) in [6.07, 6.45) is 10.0. The van der Waals surface area contributed by atoms with E-state index in [-0.39, 0.29) is 1.43 Å². The van der Waals surface area contributed by atoms with Gasteiger partial charge in [0.25, 0.3) is 0 Å². The van der Waals surface area contributed by atoms with Crippen LogP contribution in [0, 0.1) is 0 Å². The van der Waals surface area contributed by atoms with E-state index in [9.17, 15) is 0 Å². The van der Waals surface area contributed by atoms with Crippen LogP contribution in [0.1, 0.15) is 73.6 Å². The van der Waals surface area contributed by atoms with Crippen LogP contribution in [0.5, 0.6) is 0 Å². The zero-order chi connectivity index (χ0) is 14.3. The van der Waals surface area contributed by atoms with E-state index in [1.54, 1.807) is 0 Å². The van der Waals surface area contributed by atoms with E-state index in [2.05, 4.69) is 42.1 Å². The first kappa shape index (κ1) is 18.3. The molecule has 1 N–H and O–H groups in total. The molecule has 0 aliphatic heterocycles. The van der Waals surface area contributed by atoms with Gasteiger partial charge in [-0.15, -0.1) is 0 Å². The van der Waals surface area contributed by atoms with E-state index in [1.807, 2.05) is 7.05 Å². The third kappa shape index (κ3) is 10.9. The van der Waals surface area contributed by atoms with Crippen molar-refractivity contribution in [3.05, 3.63) is 0 Å². The lowest BCUT2D eigenvalue weighted by Crippen LogP contribution is -2.09. The molecule has 0 aromatic rings. The van der Waals surface area contributed by atoms with Gasteiger partial charge in [-0.05, 0) is 39.3 Å². The average molecular weight is 269 g/mol. The maximum absolute atomic E-state index is 4.44. The molecule has 114 valence electrons. The molecule has 1 atom stereocenters. The third-order valence-corrected chi connectivity index (χ3v) is 3.50. The van der Waals surface area contributed by atoms with Gasteiger partial charge in [0.05, 0.1) is 18.1 Å². The Morgan fingerprint density at radius 1 is 1.21 bits per heavy atom. The van der Waals surface area contributed by atoms with Crippen LogP contribution in [0.25, 0.3) is 0 Å². The molecule has 0 aromatic carbocycles. The SMILES string of the molecule is CCCC(CC)N=C=NC1CCCCC1.CCNC.[HH]. The van der Waals surface area contributed by atoms with Crippen LogP contribution < -0.4 is 5.32 Å². The Hall–Kier alpha value is -0.660. The molecular weight excluding hydrogens is 234 g/mol. The Morgan fingerprint density at radius 3 is 2.32 bits per heavy atom. The lowest BCUT2D eigenvalue weighted by Gasteiger charge is -2.15. The van der Waals surface area contributed by atoms with Gasteiger partial charge in [-0.2, -0.15) is 0 Å². The number of rotatable bonds is 6. The van der Waals surface area contributed by atoms with Crippen LogP contribution in [0.2, 0.25) is 0 Å². The minimum atomic E-state index is 0. The number of nitrogens with zero attached hydrogens (tertiary/aromatic N) is 2. The maximum Gasteiger partial charge on any atom is 0.0898 e. The second-order valence-corrected chi connectivity index (χ2v) is 5.21. The minimum Gasteiger partial charge on any atom is -0.320 e. The van der Waals surface area contributed by atoms with Gasteiger partial charge >= 0.3 is 0 Å². The van der Waals surface area contributed by atoms with Gasteiger partial charge in [-0.3, -0.25) is 0 Å². The van der Waals surface area contributed by atoms with Crippen molar-refractivity contribution in [2.75, 3.05) is 13.6 Å². The molecule has 0 heterocycles. The van der Waals surface area contributed by atoms with Crippen LogP contribution in [0.3, 0.4) is 0 Å². The standard InChI is InChI=1S/C13H24N2.C3H9N.H2/c1-3-8-12(4-2)14-11-15-13-9-6-5-7-10-13;1-3-4-2;/h12-13H,3-10H2,1-2H3;4H,3H2,1-2H3;1H. The van der Waals surface area contributed by atoms with Crippen molar-refractivity contribution in [1.82, 2.24) is 5.32 Å². The number of hydrogen-bond donors (Lipinski definition) is 1. The summed E-state index contributed by atoms with van der Waals surface area (Å²) in [7, 11) is 1.93. The monoisotopic (exact) mass is 269 g/mol. The first-order valence-corrected chi connectivity index (χ1v) is 8.07. The zero-order valence-corrected chi connectivity index (χ0v) is 13.4. The van der Waals surface area contributed by atoms with Gasteiger partial charge in [0.2, 0.25) is 0 Å². The van der Waals surface area contributed by atoms with Crippen molar-refractivity contribution < 1.29 is 1.43 Å². The van der Waals surface area contributed by atoms with Crippen LogP contribution >= 0.6 is 0 Å². The van der Waals surface area contributed by atoms with E-state index in [1.165, 1.54) is 44.9 Å². The topological polar surface area (TPSA) is 36.8 Å². The quantitative estimate of drug-likeness (QED) is 0.706. The van der Waals surface area contributed by atoms with Gasteiger partial charge in [0.1, 0.15) is 0 Å². The summed E-state index contributed by atoms with van der Waals surface area (Å²) in [6.45, 7) is 7.53. The Morgan fingerprint density at radius 2 is 1.84 bits per heavy atom. The molecule has 0 bridgehead atoms. The smallest absolute Gasteiger partial charge is 0.0898 e. The fourth-order valence-electron chi connectivity index (χ4n) is 2.10. The highest BCUT2D eigenvalue weighted by Gasteiger charge is 2.10. The largest absolute Gasteiger partial charge is 0.320 e. The second kappa shape index (κ2) is 13.8. The summed E-state index contributed by atoms with van der Waals surface area (Å²) in [5.41, 5.74) is 0. The number of nitrogens with one attached hydrogen (secondary N) is 1. The summed E-state index contributed by atoms with van der Waals surface area (Å²) in [6, 6.07) is 3.90. The summed E-state index contributed by atoms with van der Waals surface area (Å²) >= 11 is 0. The summed E-state index contributed by atoms with van der Waals surface area (Å²) in [5.74, 6) is 0. The molecule has 19 heavy (non-hydrogen) atoms. The molecule has 1 aliphatic carbocycles. The van der Waals surface area contributed by atoms with Crippen LogP contribution in [0.15, 0.2) is 9.98 Å². The second-order valence-electron chi connectivity index (χ2n) is 5.21. The highest BCUT2D eigenvalue weighted by Crippen LogP contribution is 2.19. The Labute approximate surface area is 121 Å². The molecule has 1 rings (SSSR count). The molecule has 1 saturated carbocycles. The molecule has 0 spiro atoms. The van der Waals surface area contributed by atoms with Crippen LogP contribution in [-0.4, -0.2) is 31.7 Å². The first-order chi connectivity index (χ1) is 9.28. The van der Waals surface area contributed by atoms with Gasteiger partial charge in [0, 0.05) is 1.43 Å². The number of hydrogen-bond acceptors (Lipinski definition) is 3. The molecule has 3 nitrogen and oxygen atoms in total. The molecule has 0 aromatic heterocycles. The third-order valence-electron chi connectivity index (χ3n) is 3.50. The Bertz CT molecular complexity index is 233. The average Bonchev–Trinajstić information content (AvgIpc) is 2.47. The van der Waals surface area contributed by atoms with Crippen molar-refractivity contribution in [2.24, 2.45) is 9.98 Å². The van der Waals surface area contributed by atoms with E-state index < -0.39 is 0 Å². The summed E-state index contributed by atoms with van der Waals surface area (Å²) in [4.78, 5) is 8.85. The predicted octanol–water partition coefficient (Wildman–Crippen LogP) is 4.54. The van der Waals surface area contributed by atoms with E-state index in [0.717, 1.165) is 13.0 Å². The lowest BCUT2D eigenvalue weighted by atomic mass is 9.96. The zero-order valence-electron chi connectivity index (χ0n) is 13.4. The summed E-state index contributed by atoms with van der Waals surface area (Å²) < 4.78 is 0. The Balaban J connectivity index is 0. The molecule has 3 heteroatoms. The van der Waals surface area contributed by atoms with Crippen molar-refractivity contribution in [3.8, 4) is 0 Å². The van der Waals surface area contributed by atoms with E-state index in [0.29, 0.717) is 12.1 Å². The molecule has 1 aliphatic rings. The molecule has 1 unspecified atom stereocenters. The molecular formula is C16H35N3. The number of aliphatic imine (C=N–C) groups is 2. The highest BCUT2D eigenvalue weighted by molar-refractivity contribution is 5.42. The fourth-order valence-corrected chi connectivity index (χ4v) is 2.10. The van der Waals surface area contributed by atoms with Gasteiger partial charge in [-0.25, -0.2) is 9.98 Å². The van der Waals surface area contributed by atoms with Gasteiger partial charge < -0.3 is 5.32 Å². The molecule has 0 saturated heterocycles. The van der Waals surface area contributed by atoms with Gasteiger partial charge in [0.15, 0.2) is 0 Å². The van der Waals surface area contributed by atoms with Crippen molar-refractivity contribution in [3.63, 3.8) is 0 Å². The van der Waals surface area contributed by atoms with Crippen molar-refractivity contribution in [1.29, 1.82) is 0 Å². The maximum atomic E-state index is 4.44. The fraction of sp³-hybridized carbons (Fsp3) is 0.938. The molecule has 0 radical (unpaired) electrons. The first-order valence-electron chi connectivity index (χ1n) is 8.07. The minimum absolute atomic E-state index is 0. The van der Waals surface area contributed by atoms with E-state index >= 15 is 0 Å². The van der Waals surface area contributed by atoms with Crippen molar-refractivity contribution in [2.45, 2.75) is 84.2 Å².